The SMILES string of the molecule is Cn1nccc1-c1cc(Cl)cc(C(=O)O)c1Cl. The zero-order valence-corrected chi connectivity index (χ0v) is 10.3. The molecular weight excluding hydrogens is 263 g/mol. The van der Waals surface area contributed by atoms with Crippen molar-refractivity contribution in [3.8, 4) is 11.3 Å². The summed E-state index contributed by atoms with van der Waals surface area (Å²) in [5.41, 5.74) is 1.24. The van der Waals surface area contributed by atoms with Crippen LogP contribution in [0.3, 0.4) is 0 Å². The van der Waals surface area contributed by atoms with Crippen LogP contribution in [0.25, 0.3) is 11.3 Å². The van der Waals surface area contributed by atoms with Crippen molar-refractivity contribution >= 4 is 29.2 Å². The summed E-state index contributed by atoms with van der Waals surface area (Å²) < 4.78 is 1.60. The minimum Gasteiger partial charge on any atom is -0.478 e. The topological polar surface area (TPSA) is 55.1 Å². The molecule has 1 aromatic carbocycles. The molecule has 0 radical (unpaired) electrons. The molecule has 0 aliphatic rings. The number of halogens is 2. The molecule has 0 amide bonds. The molecule has 6 heteroatoms. The van der Waals surface area contributed by atoms with E-state index in [0.717, 1.165) is 0 Å². The number of aromatic carboxylic acids is 1. The fraction of sp³-hybridized carbons (Fsp3) is 0.0909. The van der Waals surface area contributed by atoms with E-state index in [1.54, 1.807) is 30.1 Å². The Morgan fingerprint density at radius 2 is 2.12 bits per heavy atom. The van der Waals surface area contributed by atoms with Crippen molar-refractivity contribution in [3.63, 3.8) is 0 Å². The highest BCUT2D eigenvalue weighted by Gasteiger charge is 2.16. The number of aromatic nitrogens is 2. The Balaban J connectivity index is 2.71. The second-order valence-corrected chi connectivity index (χ2v) is 4.27. The number of hydrogen-bond acceptors (Lipinski definition) is 2. The van der Waals surface area contributed by atoms with Gasteiger partial charge in [0.15, 0.2) is 0 Å². The van der Waals surface area contributed by atoms with Gasteiger partial charge in [0.2, 0.25) is 0 Å². The second kappa shape index (κ2) is 4.39. The summed E-state index contributed by atoms with van der Waals surface area (Å²) in [6.45, 7) is 0. The quantitative estimate of drug-likeness (QED) is 0.913. The Morgan fingerprint density at radius 1 is 1.41 bits per heavy atom. The summed E-state index contributed by atoms with van der Waals surface area (Å²) in [6, 6.07) is 4.68. The van der Waals surface area contributed by atoms with Gasteiger partial charge in [-0.25, -0.2) is 4.79 Å². The van der Waals surface area contributed by atoms with Gasteiger partial charge >= 0.3 is 5.97 Å². The van der Waals surface area contributed by atoms with Gasteiger partial charge in [0.25, 0.3) is 0 Å². The fourth-order valence-electron chi connectivity index (χ4n) is 1.57. The van der Waals surface area contributed by atoms with Crippen LogP contribution in [0.2, 0.25) is 10.0 Å². The summed E-state index contributed by atoms with van der Waals surface area (Å²) in [4.78, 5) is 11.0. The standard InChI is InChI=1S/C11H8Cl2N2O2/c1-15-9(2-3-14-15)7-4-6(12)5-8(10(7)13)11(16)17/h2-5H,1H3,(H,16,17). The molecule has 88 valence electrons. The van der Waals surface area contributed by atoms with Crippen LogP contribution in [0.1, 0.15) is 10.4 Å². The molecule has 1 heterocycles. The number of carbonyl (C=O) groups is 1. The zero-order valence-electron chi connectivity index (χ0n) is 8.82. The van der Waals surface area contributed by atoms with Gasteiger partial charge < -0.3 is 5.11 Å². The lowest BCUT2D eigenvalue weighted by Crippen LogP contribution is -2.01. The minimum atomic E-state index is -1.11. The summed E-state index contributed by atoms with van der Waals surface area (Å²) in [5, 5.41) is 13.5. The summed E-state index contributed by atoms with van der Waals surface area (Å²) in [6.07, 6.45) is 1.60. The van der Waals surface area contributed by atoms with Gasteiger partial charge in [-0.1, -0.05) is 23.2 Å². The Morgan fingerprint density at radius 3 is 2.65 bits per heavy atom. The first-order chi connectivity index (χ1) is 8.00. The van der Waals surface area contributed by atoms with Crippen LogP contribution in [0.5, 0.6) is 0 Å². The molecule has 1 N–H and O–H groups in total. The molecule has 0 atom stereocenters. The normalized spacial score (nSPS) is 10.5. The van der Waals surface area contributed by atoms with E-state index in [-0.39, 0.29) is 10.6 Å². The number of aryl methyl sites for hydroxylation is 1. The van der Waals surface area contributed by atoms with E-state index in [1.807, 2.05) is 0 Å². The van der Waals surface area contributed by atoms with E-state index in [2.05, 4.69) is 5.10 Å². The van der Waals surface area contributed by atoms with Gasteiger partial charge in [0.05, 0.1) is 16.3 Å². The van der Waals surface area contributed by atoms with Crippen molar-refractivity contribution in [2.75, 3.05) is 0 Å². The van der Waals surface area contributed by atoms with Crippen LogP contribution in [0.15, 0.2) is 24.4 Å². The average Bonchev–Trinajstić information content (AvgIpc) is 2.67. The number of hydrogen-bond donors (Lipinski definition) is 1. The number of benzene rings is 1. The third-order valence-corrected chi connectivity index (χ3v) is 2.99. The molecule has 0 saturated carbocycles. The van der Waals surface area contributed by atoms with Crippen LogP contribution < -0.4 is 0 Å². The molecule has 2 aromatic rings. The number of carboxylic acids is 1. The van der Waals surface area contributed by atoms with Crippen LogP contribution >= 0.6 is 23.2 Å². The monoisotopic (exact) mass is 270 g/mol. The maximum atomic E-state index is 11.0. The molecule has 0 bridgehead atoms. The van der Waals surface area contributed by atoms with Gasteiger partial charge in [-0.2, -0.15) is 5.10 Å². The van der Waals surface area contributed by atoms with Gasteiger partial charge in [-0.05, 0) is 18.2 Å². The lowest BCUT2D eigenvalue weighted by Gasteiger charge is -2.08. The molecule has 4 nitrogen and oxygen atoms in total. The van der Waals surface area contributed by atoms with Gasteiger partial charge in [0, 0.05) is 23.8 Å². The van der Waals surface area contributed by atoms with Crippen LogP contribution in [-0.4, -0.2) is 20.9 Å². The predicted molar refractivity (Wildman–Crippen MR) is 65.6 cm³/mol. The highest BCUT2D eigenvalue weighted by Crippen LogP contribution is 2.33. The van der Waals surface area contributed by atoms with Crippen molar-refractivity contribution in [2.24, 2.45) is 7.05 Å². The van der Waals surface area contributed by atoms with E-state index in [1.165, 1.54) is 6.07 Å². The van der Waals surface area contributed by atoms with Crippen molar-refractivity contribution in [1.29, 1.82) is 0 Å². The zero-order chi connectivity index (χ0) is 12.6. The molecule has 0 fully saturated rings. The predicted octanol–water partition coefficient (Wildman–Crippen LogP) is 3.09. The number of carboxylic acid groups (broad SMARTS) is 1. The molecule has 0 saturated heterocycles. The Hall–Kier alpha value is -1.52. The first kappa shape index (κ1) is 12.0. The van der Waals surface area contributed by atoms with Crippen molar-refractivity contribution in [1.82, 2.24) is 9.78 Å². The highest BCUT2D eigenvalue weighted by molar-refractivity contribution is 6.38. The summed E-state index contributed by atoms with van der Waals surface area (Å²) in [5.74, 6) is -1.11. The molecule has 2 rings (SSSR count). The third kappa shape index (κ3) is 2.14. The lowest BCUT2D eigenvalue weighted by molar-refractivity contribution is 0.0697. The van der Waals surface area contributed by atoms with Crippen molar-refractivity contribution in [2.45, 2.75) is 0 Å². The van der Waals surface area contributed by atoms with Crippen LogP contribution in [0, 0.1) is 0 Å². The number of rotatable bonds is 2. The smallest absolute Gasteiger partial charge is 0.337 e. The Bertz CT molecular complexity index is 593. The van der Waals surface area contributed by atoms with Gasteiger partial charge in [-0.15, -0.1) is 0 Å². The first-order valence-electron chi connectivity index (χ1n) is 4.71. The molecule has 0 aliphatic carbocycles. The molecule has 0 unspecified atom stereocenters. The maximum absolute atomic E-state index is 11.0. The highest BCUT2D eigenvalue weighted by atomic mass is 35.5. The molecular formula is C11H8Cl2N2O2. The second-order valence-electron chi connectivity index (χ2n) is 3.46. The molecule has 1 aromatic heterocycles. The largest absolute Gasteiger partial charge is 0.478 e. The summed E-state index contributed by atoms with van der Waals surface area (Å²) >= 11 is 11.9. The van der Waals surface area contributed by atoms with E-state index in [4.69, 9.17) is 28.3 Å². The van der Waals surface area contributed by atoms with Gasteiger partial charge in [-0.3, -0.25) is 4.68 Å². The van der Waals surface area contributed by atoms with Crippen molar-refractivity contribution < 1.29 is 9.90 Å². The van der Waals surface area contributed by atoms with Crippen LogP contribution in [0.4, 0.5) is 0 Å². The minimum absolute atomic E-state index is 0.0182. The van der Waals surface area contributed by atoms with Crippen LogP contribution in [-0.2, 0) is 7.05 Å². The average molecular weight is 271 g/mol. The van der Waals surface area contributed by atoms with Gasteiger partial charge in [0.1, 0.15) is 0 Å². The van der Waals surface area contributed by atoms with Crippen molar-refractivity contribution in [3.05, 3.63) is 40.0 Å². The fourth-order valence-corrected chi connectivity index (χ4v) is 2.07. The Kier molecular flexibility index (Phi) is 3.09. The molecule has 0 spiro atoms. The maximum Gasteiger partial charge on any atom is 0.337 e. The van der Waals surface area contributed by atoms with E-state index in [0.29, 0.717) is 16.3 Å². The Labute approximate surface area is 107 Å². The first-order valence-corrected chi connectivity index (χ1v) is 5.47. The van der Waals surface area contributed by atoms with E-state index >= 15 is 0 Å². The third-order valence-electron chi connectivity index (χ3n) is 2.36. The number of nitrogens with zero attached hydrogens (tertiary/aromatic N) is 2. The van der Waals surface area contributed by atoms with E-state index in [9.17, 15) is 4.79 Å². The summed E-state index contributed by atoms with van der Waals surface area (Å²) in [7, 11) is 1.74. The molecule has 17 heavy (non-hydrogen) atoms. The molecule has 0 aliphatic heterocycles. The lowest BCUT2D eigenvalue weighted by atomic mass is 10.1. The van der Waals surface area contributed by atoms with E-state index < -0.39 is 5.97 Å².